The predicted octanol–water partition coefficient (Wildman–Crippen LogP) is 2.71. The minimum absolute atomic E-state index is 0.160. The van der Waals surface area contributed by atoms with Crippen LogP contribution in [0.4, 0.5) is 0 Å². The van der Waals surface area contributed by atoms with Gasteiger partial charge in [-0.2, -0.15) is 0 Å². The zero-order valence-electron chi connectivity index (χ0n) is 19.2. The van der Waals surface area contributed by atoms with Gasteiger partial charge in [0, 0.05) is 34.6 Å². The molecule has 0 aliphatic carbocycles. The van der Waals surface area contributed by atoms with Gasteiger partial charge in [0.15, 0.2) is 0 Å². The maximum atomic E-state index is 13.3. The van der Waals surface area contributed by atoms with Crippen molar-refractivity contribution in [2.24, 2.45) is 5.73 Å². The lowest BCUT2D eigenvalue weighted by atomic mass is 9.99. The van der Waals surface area contributed by atoms with Crippen molar-refractivity contribution in [2.45, 2.75) is 24.9 Å². The maximum absolute atomic E-state index is 13.3. The molecule has 6 nitrogen and oxygen atoms in total. The standard InChI is InChI=1S/C26H32N4O2/c1-28(2)30(4)26(32)24(18-19-10-6-5-7-11-19)29(3)25(31)23(27)17-20-14-15-21-12-8-9-13-22(21)16-20/h5-16,23-24H,17-18,27H2,1-4H3/t23-,24-/m1/s1. The maximum Gasteiger partial charge on any atom is 0.259 e. The molecule has 0 unspecified atom stereocenters. The summed E-state index contributed by atoms with van der Waals surface area (Å²) in [6.45, 7) is 0. The number of nitrogens with zero attached hydrogens (tertiary/aromatic N) is 3. The zero-order chi connectivity index (χ0) is 23.3. The highest BCUT2D eigenvalue weighted by Gasteiger charge is 2.32. The van der Waals surface area contributed by atoms with Gasteiger partial charge in [0.05, 0.1) is 6.04 Å². The summed E-state index contributed by atoms with van der Waals surface area (Å²) in [5, 5.41) is 5.48. The first kappa shape index (κ1) is 23.4. The Kier molecular flexibility index (Phi) is 7.62. The molecule has 0 aliphatic heterocycles. The summed E-state index contributed by atoms with van der Waals surface area (Å²) in [6.07, 6.45) is 0.826. The molecule has 0 fully saturated rings. The van der Waals surface area contributed by atoms with E-state index in [1.165, 1.54) is 9.91 Å². The van der Waals surface area contributed by atoms with Crippen molar-refractivity contribution < 1.29 is 9.59 Å². The van der Waals surface area contributed by atoms with Crippen molar-refractivity contribution in [3.63, 3.8) is 0 Å². The van der Waals surface area contributed by atoms with Gasteiger partial charge in [-0.15, -0.1) is 0 Å². The third-order valence-electron chi connectivity index (χ3n) is 5.88. The number of hydrazine groups is 1. The van der Waals surface area contributed by atoms with Crippen LogP contribution < -0.4 is 5.73 Å². The SMILES string of the molecule is CN(C(=O)[C@H](N)Cc1ccc2ccccc2c1)[C@H](Cc1ccccc1)C(=O)N(C)N(C)C. The lowest BCUT2D eigenvalue weighted by Gasteiger charge is -2.34. The van der Waals surface area contributed by atoms with Crippen molar-refractivity contribution in [2.75, 3.05) is 28.2 Å². The Hall–Kier alpha value is -3.22. The smallest absolute Gasteiger partial charge is 0.259 e. The van der Waals surface area contributed by atoms with Gasteiger partial charge in [0.1, 0.15) is 6.04 Å². The van der Waals surface area contributed by atoms with Crippen molar-refractivity contribution >= 4 is 22.6 Å². The van der Waals surface area contributed by atoms with Gasteiger partial charge in [-0.25, -0.2) is 5.01 Å². The molecule has 0 saturated carbocycles. The fraction of sp³-hybridized carbons (Fsp3) is 0.308. The lowest BCUT2D eigenvalue weighted by molar-refractivity contribution is -0.152. The molecule has 0 heterocycles. The molecule has 0 aliphatic rings. The molecule has 6 heteroatoms. The number of hydrogen-bond donors (Lipinski definition) is 1. The van der Waals surface area contributed by atoms with Crippen molar-refractivity contribution in [3.8, 4) is 0 Å². The van der Waals surface area contributed by atoms with Crippen LogP contribution in [-0.2, 0) is 22.4 Å². The monoisotopic (exact) mass is 432 g/mol. The van der Waals surface area contributed by atoms with E-state index in [0.29, 0.717) is 12.8 Å². The van der Waals surface area contributed by atoms with Crippen LogP contribution in [0.25, 0.3) is 10.8 Å². The molecular formula is C26H32N4O2. The third kappa shape index (κ3) is 5.52. The predicted molar refractivity (Wildman–Crippen MR) is 129 cm³/mol. The molecule has 0 saturated heterocycles. The summed E-state index contributed by atoms with van der Waals surface area (Å²) in [5.41, 5.74) is 8.32. The fourth-order valence-electron chi connectivity index (χ4n) is 3.76. The topological polar surface area (TPSA) is 69.9 Å². The Morgan fingerprint density at radius 1 is 0.750 bits per heavy atom. The van der Waals surface area contributed by atoms with Crippen LogP contribution in [0.1, 0.15) is 11.1 Å². The first-order valence-electron chi connectivity index (χ1n) is 10.8. The average Bonchev–Trinajstić information content (AvgIpc) is 2.81. The molecule has 2 atom stereocenters. The van der Waals surface area contributed by atoms with E-state index in [9.17, 15) is 9.59 Å². The van der Waals surface area contributed by atoms with Gasteiger partial charge in [-0.1, -0.05) is 72.8 Å². The van der Waals surface area contributed by atoms with E-state index in [-0.39, 0.29) is 11.8 Å². The lowest BCUT2D eigenvalue weighted by Crippen LogP contribution is -2.55. The Labute approximate surface area is 190 Å². The number of carbonyl (C=O) groups excluding carboxylic acids is 2. The van der Waals surface area contributed by atoms with Crippen LogP contribution in [0.15, 0.2) is 72.8 Å². The highest BCUT2D eigenvalue weighted by molar-refractivity contribution is 5.90. The van der Waals surface area contributed by atoms with E-state index in [0.717, 1.165) is 21.9 Å². The number of likely N-dealkylation sites (N-methyl/N-ethyl adjacent to an activating group) is 2. The Morgan fingerprint density at radius 3 is 2.03 bits per heavy atom. The molecule has 0 spiro atoms. The van der Waals surface area contributed by atoms with Gasteiger partial charge in [0.25, 0.3) is 5.91 Å². The summed E-state index contributed by atoms with van der Waals surface area (Å²) >= 11 is 0. The second-order valence-corrected chi connectivity index (χ2v) is 8.36. The van der Waals surface area contributed by atoms with E-state index in [1.54, 1.807) is 33.2 Å². The number of benzene rings is 3. The van der Waals surface area contributed by atoms with Crippen LogP contribution in [-0.4, -0.2) is 67.0 Å². The van der Waals surface area contributed by atoms with Gasteiger partial charge < -0.3 is 10.6 Å². The van der Waals surface area contributed by atoms with E-state index in [4.69, 9.17) is 5.73 Å². The molecule has 3 aromatic rings. The molecule has 0 radical (unpaired) electrons. The molecule has 0 aromatic heterocycles. The second-order valence-electron chi connectivity index (χ2n) is 8.36. The molecule has 32 heavy (non-hydrogen) atoms. The Bertz CT molecular complexity index is 1070. The van der Waals surface area contributed by atoms with E-state index >= 15 is 0 Å². The fourth-order valence-corrected chi connectivity index (χ4v) is 3.76. The van der Waals surface area contributed by atoms with Crippen LogP contribution in [0.5, 0.6) is 0 Å². The molecular weight excluding hydrogens is 400 g/mol. The second kappa shape index (κ2) is 10.4. The van der Waals surface area contributed by atoms with Crippen molar-refractivity contribution in [3.05, 3.63) is 83.9 Å². The molecule has 0 bridgehead atoms. The highest BCUT2D eigenvalue weighted by atomic mass is 16.2. The summed E-state index contributed by atoms with van der Waals surface area (Å²) in [7, 11) is 6.96. The van der Waals surface area contributed by atoms with E-state index < -0.39 is 12.1 Å². The molecule has 2 amide bonds. The average molecular weight is 433 g/mol. The first-order valence-corrected chi connectivity index (χ1v) is 10.8. The van der Waals surface area contributed by atoms with Gasteiger partial charge >= 0.3 is 0 Å². The van der Waals surface area contributed by atoms with Crippen LogP contribution in [0, 0.1) is 0 Å². The zero-order valence-corrected chi connectivity index (χ0v) is 19.2. The molecule has 3 aromatic carbocycles. The van der Waals surface area contributed by atoms with Gasteiger partial charge in [-0.3, -0.25) is 14.6 Å². The van der Waals surface area contributed by atoms with Gasteiger partial charge in [0.2, 0.25) is 5.91 Å². The number of hydrogen-bond acceptors (Lipinski definition) is 4. The largest absolute Gasteiger partial charge is 0.332 e. The van der Waals surface area contributed by atoms with Gasteiger partial charge in [-0.05, 0) is 28.3 Å². The van der Waals surface area contributed by atoms with Crippen LogP contribution >= 0.6 is 0 Å². The van der Waals surface area contributed by atoms with Crippen LogP contribution in [0.3, 0.4) is 0 Å². The Morgan fingerprint density at radius 2 is 1.38 bits per heavy atom. The summed E-state index contributed by atoms with van der Waals surface area (Å²) < 4.78 is 0. The number of rotatable bonds is 8. The number of fused-ring (bicyclic) bond motifs is 1. The summed E-state index contributed by atoms with van der Waals surface area (Å²) in [5.74, 6) is -0.410. The quantitative estimate of drug-likeness (QED) is 0.556. The molecule has 2 N–H and O–H groups in total. The highest BCUT2D eigenvalue weighted by Crippen LogP contribution is 2.18. The third-order valence-corrected chi connectivity index (χ3v) is 5.88. The normalized spacial score (nSPS) is 13.1. The van der Waals surface area contributed by atoms with Crippen molar-refractivity contribution in [1.29, 1.82) is 0 Å². The molecule has 168 valence electrons. The Balaban J connectivity index is 1.78. The minimum atomic E-state index is -0.739. The van der Waals surface area contributed by atoms with E-state index in [1.807, 2.05) is 60.7 Å². The number of amides is 2. The summed E-state index contributed by atoms with van der Waals surface area (Å²) in [4.78, 5) is 28.0. The van der Waals surface area contributed by atoms with Crippen molar-refractivity contribution in [1.82, 2.24) is 14.9 Å². The first-order chi connectivity index (χ1) is 15.3. The summed E-state index contributed by atoms with van der Waals surface area (Å²) in [6, 6.07) is 22.5. The minimum Gasteiger partial charge on any atom is -0.332 e. The van der Waals surface area contributed by atoms with E-state index in [2.05, 4.69) is 12.1 Å². The van der Waals surface area contributed by atoms with Crippen LogP contribution in [0.2, 0.25) is 0 Å². The number of nitrogens with two attached hydrogens (primary N) is 1. The number of carbonyl (C=O) groups is 2. The molecule has 3 rings (SSSR count).